The van der Waals surface area contributed by atoms with Gasteiger partial charge in [0, 0.05) is 11.8 Å². The number of aromatic nitrogens is 2. The zero-order valence-electron chi connectivity index (χ0n) is 7.78. The summed E-state index contributed by atoms with van der Waals surface area (Å²) >= 11 is 0. The fraction of sp³-hybridized carbons (Fsp3) is 0.400. The minimum absolute atomic E-state index is 0.446. The second-order valence-electron chi connectivity index (χ2n) is 3.37. The summed E-state index contributed by atoms with van der Waals surface area (Å²) in [6.45, 7) is 4.15. The molecule has 0 atom stereocenters. The molecule has 0 fully saturated rings. The third-order valence-corrected chi connectivity index (χ3v) is 1.89. The van der Waals surface area contributed by atoms with Crippen LogP contribution in [0.5, 0.6) is 0 Å². The molecule has 1 aromatic rings. The van der Waals surface area contributed by atoms with Gasteiger partial charge in [-0.1, -0.05) is 5.92 Å². The maximum absolute atomic E-state index is 8.86. The van der Waals surface area contributed by atoms with Gasteiger partial charge >= 0.3 is 0 Å². The standard InChI is InChI=1S/C10H11N3/c1-4-5-13-7-9(6-12-13)10(2,3)8-11/h1,6-7H,5H2,2-3H3. The Morgan fingerprint density at radius 2 is 2.38 bits per heavy atom. The summed E-state index contributed by atoms with van der Waals surface area (Å²) in [5, 5.41) is 12.9. The zero-order valence-corrected chi connectivity index (χ0v) is 7.78. The molecule has 3 nitrogen and oxygen atoms in total. The Bertz CT molecular complexity index is 374. The highest BCUT2D eigenvalue weighted by molar-refractivity contribution is 5.25. The van der Waals surface area contributed by atoms with Crippen molar-refractivity contribution in [2.75, 3.05) is 0 Å². The van der Waals surface area contributed by atoms with Crippen LogP contribution in [0.2, 0.25) is 0 Å². The lowest BCUT2D eigenvalue weighted by Gasteiger charge is -2.11. The summed E-state index contributed by atoms with van der Waals surface area (Å²) in [6.07, 6.45) is 8.63. The van der Waals surface area contributed by atoms with Crippen LogP contribution in [0.25, 0.3) is 0 Å². The predicted molar refractivity (Wildman–Crippen MR) is 49.7 cm³/mol. The molecule has 0 spiro atoms. The molecule has 13 heavy (non-hydrogen) atoms. The molecule has 0 amide bonds. The van der Waals surface area contributed by atoms with Crippen LogP contribution in [0, 0.1) is 23.7 Å². The van der Waals surface area contributed by atoms with Crippen LogP contribution in [0.1, 0.15) is 19.4 Å². The van der Waals surface area contributed by atoms with E-state index in [1.807, 2.05) is 20.0 Å². The van der Waals surface area contributed by atoms with Gasteiger partial charge in [0.05, 0.1) is 17.7 Å². The second-order valence-corrected chi connectivity index (χ2v) is 3.37. The molecule has 0 bridgehead atoms. The van der Waals surface area contributed by atoms with E-state index in [9.17, 15) is 0 Å². The van der Waals surface area contributed by atoms with Crippen LogP contribution in [-0.2, 0) is 12.0 Å². The lowest BCUT2D eigenvalue weighted by atomic mass is 9.89. The van der Waals surface area contributed by atoms with E-state index in [4.69, 9.17) is 11.7 Å². The first-order valence-corrected chi connectivity index (χ1v) is 3.98. The summed E-state index contributed by atoms with van der Waals surface area (Å²) in [4.78, 5) is 0. The van der Waals surface area contributed by atoms with Gasteiger partial charge in [0.15, 0.2) is 0 Å². The first-order valence-electron chi connectivity index (χ1n) is 3.98. The monoisotopic (exact) mass is 173 g/mol. The largest absolute Gasteiger partial charge is 0.260 e. The van der Waals surface area contributed by atoms with Gasteiger partial charge in [-0.2, -0.15) is 10.4 Å². The van der Waals surface area contributed by atoms with Crippen molar-refractivity contribution in [1.82, 2.24) is 9.78 Å². The molecule has 0 aliphatic heterocycles. The van der Waals surface area contributed by atoms with Gasteiger partial charge in [0.2, 0.25) is 0 Å². The average Bonchev–Trinajstić information content (AvgIpc) is 2.54. The Morgan fingerprint density at radius 3 is 2.92 bits per heavy atom. The van der Waals surface area contributed by atoms with Crippen molar-refractivity contribution >= 4 is 0 Å². The van der Waals surface area contributed by atoms with Crippen molar-refractivity contribution < 1.29 is 0 Å². The Labute approximate surface area is 78.0 Å². The quantitative estimate of drug-likeness (QED) is 0.633. The van der Waals surface area contributed by atoms with Gasteiger partial charge in [-0.3, -0.25) is 4.68 Å². The van der Waals surface area contributed by atoms with Crippen molar-refractivity contribution in [2.24, 2.45) is 0 Å². The Kier molecular flexibility index (Phi) is 2.39. The Hall–Kier alpha value is -1.74. The molecular formula is C10H11N3. The highest BCUT2D eigenvalue weighted by atomic mass is 15.3. The van der Waals surface area contributed by atoms with Crippen LogP contribution in [0.4, 0.5) is 0 Å². The number of rotatable bonds is 2. The molecule has 0 radical (unpaired) electrons. The fourth-order valence-corrected chi connectivity index (χ4v) is 0.931. The Balaban J connectivity index is 2.95. The van der Waals surface area contributed by atoms with E-state index in [0.29, 0.717) is 6.54 Å². The van der Waals surface area contributed by atoms with E-state index in [1.165, 1.54) is 0 Å². The summed E-state index contributed by atoms with van der Waals surface area (Å²) in [7, 11) is 0. The first kappa shape index (κ1) is 9.35. The predicted octanol–water partition coefficient (Wildman–Crippen LogP) is 1.32. The first-order chi connectivity index (χ1) is 6.10. The lowest BCUT2D eigenvalue weighted by Crippen LogP contribution is -2.12. The average molecular weight is 173 g/mol. The minimum atomic E-state index is -0.493. The van der Waals surface area contributed by atoms with Crippen LogP contribution >= 0.6 is 0 Å². The number of hydrogen-bond acceptors (Lipinski definition) is 2. The van der Waals surface area contributed by atoms with Gasteiger partial charge in [-0.25, -0.2) is 0 Å². The molecule has 1 aromatic heterocycles. The molecule has 0 saturated carbocycles. The lowest BCUT2D eigenvalue weighted by molar-refractivity contribution is 0.678. The molecular weight excluding hydrogens is 162 g/mol. The number of terminal acetylenes is 1. The van der Waals surface area contributed by atoms with Crippen molar-refractivity contribution in [2.45, 2.75) is 25.8 Å². The maximum Gasteiger partial charge on any atom is 0.101 e. The SMILES string of the molecule is C#CCn1cc(C(C)(C)C#N)cn1. The summed E-state index contributed by atoms with van der Waals surface area (Å²) in [5.74, 6) is 2.48. The van der Waals surface area contributed by atoms with Crippen molar-refractivity contribution in [1.29, 1.82) is 5.26 Å². The molecule has 1 rings (SSSR count). The number of nitriles is 1. The van der Waals surface area contributed by atoms with Crippen LogP contribution in [0.3, 0.4) is 0 Å². The van der Waals surface area contributed by atoms with Gasteiger partial charge < -0.3 is 0 Å². The smallest absolute Gasteiger partial charge is 0.101 e. The van der Waals surface area contributed by atoms with Crippen LogP contribution in [-0.4, -0.2) is 9.78 Å². The number of hydrogen-bond donors (Lipinski definition) is 0. The highest BCUT2D eigenvalue weighted by Gasteiger charge is 2.21. The third kappa shape index (κ3) is 1.89. The van der Waals surface area contributed by atoms with Gasteiger partial charge in [0.25, 0.3) is 0 Å². The van der Waals surface area contributed by atoms with Crippen LogP contribution < -0.4 is 0 Å². The Morgan fingerprint density at radius 1 is 1.69 bits per heavy atom. The molecule has 0 saturated heterocycles. The molecule has 1 heterocycles. The molecule has 0 aliphatic carbocycles. The van der Waals surface area contributed by atoms with Gasteiger partial charge in [-0.05, 0) is 13.8 Å². The normalized spacial score (nSPS) is 10.5. The van der Waals surface area contributed by atoms with Crippen molar-refractivity contribution in [3.05, 3.63) is 18.0 Å². The van der Waals surface area contributed by atoms with E-state index < -0.39 is 5.41 Å². The molecule has 0 aliphatic rings. The minimum Gasteiger partial charge on any atom is -0.260 e. The maximum atomic E-state index is 8.86. The number of nitrogens with zero attached hydrogens (tertiary/aromatic N) is 3. The van der Waals surface area contributed by atoms with E-state index in [-0.39, 0.29) is 0 Å². The fourth-order valence-electron chi connectivity index (χ4n) is 0.931. The second kappa shape index (κ2) is 3.33. The topological polar surface area (TPSA) is 41.6 Å². The summed E-state index contributed by atoms with van der Waals surface area (Å²) in [6, 6.07) is 2.21. The summed E-state index contributed by atoms with van der Waals surface area (Å²) < 4.78 is 1.65. The highest BCUT2D eigenvalue weighted by Crippen LogP contribution is 2.20. The van der Waals surface area contributed by atoms with Crippen molar-refractivity contribution in [3.8, 4) is 18.4 Å². The molecule has 66 valence electrons. The molecule has 0 unspecified atom stereocenters. The van der Waals surface area contributed by atoms with E-state index in [1.54, 1.807) is 10.9 Å². The third-order valence-electron chi connectivity index (χ3n) is 1.89. The van der Waals surface area contributed by atoms with E-state index in [0.717, 1.165) is 5.56 Å². The molecule has 3 heteroatoms. The van der Waals surface area contributed by atoms with Gasteiger partial charge in [0.1, 0.15) is 6.54 Å². The molecule has 0 aromatic carbocycles. The summed E-state index contributed by atoms with van der Waals surface area (Å²) in [5.41, 5.74) is 0.401. The molecule has 0 N–H and O–H groups in total. The van der Waals surface area contributed by atoms with Crippen molar-refractivity contribution in [3.63, 3.8) is 0 Å². The van der Waals surface area contributed by atoms with E-state index in [2.05, 4.69) is 17.1 Å². The van der Waals surface area contributed by atoms with Gasteiger partial charge in [-0.15, -0.1) is 6.42 Å². The van der Waals surface area contributed by atoms with Crippen LogP contribution in [0.15, 0.2) is 12.4 Å². The van der Waals surface area contributed by atoms with E-state index >= 15 is 0 Å². The zero-order chi connectivity index (χ0) is 9.90.